The number of esters is 1. The highest BCUT2D eigenvalue weighted by Crippen LogP contribution is 2.20. The highest BCUT2D eigenvalue weighted by Gasteiger charge is 2.13. The second-order valence-electron chi connectivity index (χ2n) is 4.57. The lowest BCUT2D eigenvalue weighted by Crippen LogP contribution is -2.23. The van der Waals surface area contributed by atoms with Crippen LogP contribution in [-0.4, -0.2) is 45.5 Å². The van der Waals surface area contributed by atoms with Crippen molar-refractivity contribution in [2.45, 2.75) is 6.92 Å². The van der Waals surface area contributed by atoms with E-state index in [4.69, 9.17) is 0 Å². The van der Waals surface area contributed by atoms with Crippen LogP contribution in [-0.2, 0) is 16.6 Å². The first-order chi connectivity index (χ1) is 10.5. The molecule has 0 aliphatic heterocycles. The van der Waals surface area contributed by atoms with Crippen molar-refractivity contribution < 1.29 is 14.3 Å². The van der Waals surface area contributed by atoms with Crippen LogP contribution in [0.15, 0.2) is 24.4 Å². The van der Waals surface area contributed by atoms with Gasteiger partial charge in [-0.25, -0.2) is 4.79 Å². The van der Waals surface area contributed by atoms with Gasteiger partial charge in [0, 0.05) is 30.9 Å². The van der Waals surface area contributed by atoms with Crippen molar-refractivity contribution >= 4 is 11.9 Å². The molecule has 1 amide bonds. The van der Waals surface area contributed by atoms with E-state index in [2.05, 4.69) is 25.3 Å². The van der Waals surface area contributed by atoms with Crippen LogP contribution in [0.2, 0.25) is 0 Å². The molecule has 2 aromatic heterocycles. The Balaban J connectivity index is 1.99. The van der Waals surface area contributed by atoms with Gasteiger partial charge in [-0.2, -0.15) is 10.2 Å². The maximum absolute atomic E-state index is 11.9. The minimum Gasteiger partial charge on any atom is -0.466 e. The molecule has 0 unspecified atom stereocenters. The largest absolute Gasteiger partial charge is 0.466 e. The molecule has 2 heterocycles. The van der Waals surface area contributed by atoms with Gasteiger partial charge in [0.25, 0.3) is 5.91 Å². The van der Waals surface area contributed by atoms with E-state index in [-0.39, 0.29) is 12.5 Å². The molecule has 2 aromatic rings. The Hall–Kier alpha value is -2.90. The lowest BCUT2D eigenvalue weighted by atomic mass is 10.2. The number of rotatable bonds is 5. The number of methoxy groups -OCH3 is 1. The van der Waals surface area contributed by atoms with Crippen LogP contribution in [0.1, 0.15) is 16.2 Å². The topological polar surface area (TPSA) is 102 Å². The quantitative estimate of drug-likeness (QED) is 0.621. The average Bonchev–Trinajstić information content (AvgIpc) is 3.11. The Labute approximate surface area is 127 Å². The first-order valence-corrected chi connectivity index (χ1v) is 6.60. The molecule has 116 valence electrons. The average molecular weight is 303 g/mol. The predicted molar refractivity (Wildman–Crippen MR) is 79.0 cm³/mol. The molecule has 8 nitrogen and oxygen atoms in total. The van der Waals surface area contributed by atoms with E-state index >= 15 is 0 Å². The Morgan fingerprint density at radius 1 is 1.50 bits per heavy atom. The summed E-state index contributed by atoms with van der Waals surface area (Å²) >= 11 is 0. The third-order valence-corrected chi connectivity index (χ3v) is 3.17. The van der Waals surface area contributed by atoms with E-state index in [9.17, 15) is 9.59 Å². The summed E-state index contributed by atoms with van der Waals surface area (Å²) in [6, 6.07) is 1.66. The third-order valence-electron chi connectivity index (χ3n) is 3.17. The number of carbonyl (C=O) groups is 2. The molecule has 0 bridgehead atoms. The van der Waals surface area contributed by atoms with Gasteiger partial charge >= 0.3 is 5.97 Å². The monoisotopic (exact) mass is 303 g/mol. The van der Waals surface area contributed by atoms with Crippen LogP contribution in [0, 0.1) is 6.92 Å². The molecule has 0 aliphatic carbocycles. The van der Waals surface area contributed by atoms with E-state index in [0.29, 0.717) is 11.4 Å². The lowest BCUT2D eigenvalue weighted by Gasteiger charge is -1.98. The number of hydrogen-bond acceptors (Lipinski definition) is 5. The Bertz CT molecular complexity index is 714. The number of ether oxygens (including phenoxy) is 1. The van der Waals surface area contributed by atoms with Gasteiger partial charge < -0.3 is 10.1 Å². The van der Waals surface area contributed by atoms with Crippen molar-refractivity contribution in [3.8, 4) is 11.3 Å². The molecule has 2 N–H and O–H groups in total. The summed E-state index contributed by atoms with van der Waals surface area (Å²) in [4.78, 5) is 22.8. The fourth-order valence-corrected chi connectivity index (χ4v) is 1.80. The van der Waals surface area contributed by atoms with E-state index < -0.39 is 5.97 Å². The van der Waals surface area contributed by atoms with Gasteiger partial charge in [-0.3, -0.25) is 14.6 Å². The van der Waals surface area contributed by atoms with Crippen LogP contribution in [0.25, 0.3) is 11.3 Å². The normalized spacial score (nSPS) is 10.9. The van der Waals surface area contributed by atoms with Crippen molar-refractivity contribution in [3.05, 3.63) is 35.8 Å². The van der Waals surface area contributed by atoms with Gasteiger partial charge in [0.1, 0.15) is 5.69 Å². The van der Waals surface area contributed by atoms with Crippen LogP contribution in [0.3, 0.4) is 0 Å². The molecule has 0 atom stereocenters. The molecule has 0 radical (unpaired) electrons. The molecule has 8 heteroatoms. The Morgan fingerprint density at radius 3 is 2.91 bits per heavy atom. The standard InChI is InChI=1S/C14H17N5O3/c1-9-10(8-16-19(9)2)11-7-12(18-17-11)14(21)15-6-4-5-13(20)22-3/h4-5,7-8H,6H2,1-3H3,(H,15,21)(H,17,18)/b5-4+. The van der Waals surface area contributed by atoms with Crippen LogP contribution in [0.4, 0.5) is 0 Å². The summed E-state index contributed by atoms with van der Waals surface area (Å²) in [5, 5.41) is 13.6. The van der Waals surface area contributed by atoms with Gasteiger partial charge in [0.05, 0.1) is 19.0 Å². The molecule has 0 fully saturated rings. The summed E-state index contributed by atoms with van der Waals surface area (Å²) in [6.07, 6.45) is 4.45. The van der Waals surface area contributed by atoms with E-state index in [1.807, 2.05) is 14.0 Å². The van der Waals surface area contributed by atoms with Crippen LogP contribution >= 0.6 is 0 Å². The zero-order valence-corrected chi connectivity index (χ0v) is 12.6. The van der Waals surface area contributed by atoms with Crippen molar-refractivity contribution in [2.75, 3.05) is 13.7 Å². The molecule has 0 aliphatic rings. The van der Waals surface area contributed by atoms with E-state index in [1.165, 1.54) is 19.3 Å². The fraction of sp³-hybridized carbons (Fsp3) is 0.286. The number of carbonyl (C=O) groups excluding carboxylic acids is 2. The second kappa shape index (κ2) is 6.70. The van der Waals surface area contributed by atoms with E-state index in [1.54, 1.807) is 16.9 Å². The molecular weight excluding hydrogens is 286 g/mol. The first kappa shape index (κ1) is 15.5. The van der Waals surface area contributed by atoms with Crippen molar-refractivity contribution in [1.29, 1.82) is 0 Å². The van der Waals surface area contributed by atoms with Gasteiger partial charge in [0.2, 0.25) is 0 Å². The third kappa shape index (κ3) is 3.40. The molecule has 0 saturated carbocycles. The zero-order valence-electron chi connectivity index (χ0n) is 12.6. The number of H-pyrrole nitrogens is 1. The number of amides is 1. The van der Waals surface area contributed by atoms with Crippen molar-refractivity contribution in [2.24, 2.45) is 7.05 Å². The number of hydrogen-bond donors (Lipinski definition) is 2. The van der Waals surface area contributed by atoms with Crippen molar-refractivity contribution in [1.82, 2.24) is 25.3 Å². The molecular formula is C14H17N5O3. The number of aromatic nitrogens is 4. The number of aryl methyl sites for hydroxylation is 1. The first-order valence-electron chi connectivity index (χ1n) is 6.60. The molecule has 0 spiro atoms. The van der Waals surface area contributed by atoms with Gasteiger partial charge in [-0.1, -0.05) is 6.08 Å². The molecule has 0 saturated heterocycles. The maximum atomic E-state index is 11.9. The maximum Gasteiger partial charge on any atom is 0.330 e. The highest BCUT2D eigenvalue weighted by molar-refractivity contribution is 5.93. The molecule has 0 aromatic carbocycles. The predicted octanol–water partition coefficient (Wildman–Crippen LogP) is 0.578. The van der Waals surface area contributed by atoms with Gasteiger partial charge in [-0.05, 0) is 13.0 Å². The minimum absolute atomic E-state index is 0.216. The smallest absolute Gasteiger partial charge is 0.330 e. The van der Waals surface area contributed by atoms with Gasteiger partial charge in [0.15, 0.2) is 0 Å². The summed E-state index contributed by atoms with van der Waals surface area (Å²) in [7, 11) is 3.13. The number of nitrogens with zero attached hydrogens (tertiary/aromatic N) is 3. The minimum atomic E-state index is -0.467. The molecule has 2 rings (SSSR count). The molecule has 22 heavy (non-hydrogen) atoms. The van der Waals surface area contributed by atoms with Gasteiger partial charge in [-0.15, -0.1) is 0 Å². The zero-order chi connectivity index (χ0) is 16.1. The number of nitrogens with one attached hydrogen (secondary N) is 2. The Morgan fingerprint density at radius 2 is 2.27 bits per heavy atom. The fourth-order valence-electron chi connectivity index (χ4n) is 1.80. The number of aromatic amines is 1. The summed E-state index contributed by atoms with van der Waals surface area (Å²) < 4.78 is 6.18. The SMILES string of the molecule is COC(=O)/C=C/CNC(=O)c1cc(-c2cnn(C)c2C)n[nH]1. The highest BCUT2D eigenvalue weighted by atomic mass is 16.5. The Kier molecular flexibility index (Phi) is 4.72. The van der Waals surface area contributed by atoms with E-state index in [0.717, 1.165) is 11.3 Å². The summed E-state index contributed by atoms with van der Waals surface area (Å²) in [6.45, 7) is 2.14. The summed E-state index contributed by atoms with van der Waals surface area (Å²) in [5.74, 6) is -0.778. The van der Waals surface area contributed by atoms with Crippen LogP contribution < -0.4 is 5.32 Å². The van der Waals surface area contributed by atoms with Crippen molar-refractivity contribution in [3.63, 3.8) is 0 Å². The summed E-state index contributed by atoms with van der Waals surface area (Å²) in [5.41, 5.74) is 2.81. The van der Waals surface area contributed by atoms with Crippen LogP contribution in [0.5, 0.6) is 0 Å². The second-order valence-corrected chi connectivity index (χ2v) is 4.57. The lowest BCUT2D eigenvalue weighted by molar-refractivity contribution is -0.134.